The Morgan fingerprint density at radius 1 is 0.600 bits per heavy atom. The predicted molar refractivity (Wildman–Crippen MR) is 177 cm³/mol. The van der Waals surface area contributed by atoms with Gasteiger partial charge in [-0.2, -0.15) is 9.98 Å². The minimum atomic E-state index is -0.345. The highest BCUT2D eigenvalue weighted by molar-refractivity contribution is 7.16. The normalized spacial score (nSPS) is 12.2. The monoisotopic (exact) mass is 638 g/mol. The van der Waals surface area contributed by atoms with E-state index in [1.54, 1.807) is 48.5 Å². The standard InChI is InChI=1S/C34H30N4O5S2/c1-5-41-25-15-17-27-29(19-25)44-33(37(27)3)35-31(39)21-7-11-23(12-8-21)43-24-13-9-22(10-14-24)32(40)36-34-38(4)28-18-16-26(42-6-2)20-30(28)45-34/h7-20H,5-6H2,1-4H3. The average Bonchev–Trinajstić information content (AvgIpc) is 3.52. The van der Waals surface area contributed by atoms with E-state index in [0.717, 1.165) is 31.9 Å². The topological polar surface area (TPSA) is 96.4 Å². The summed E-state index contributed by atoms with van der Waals surface area (Å²) < 4.78 is 22.9. The number of nitrogens with zero attached hydrogens (tertiary/aromatic N) is 4. The first kappa shape index (κ1) is 30.0. The number of aryl methyl sites for hydroxylation is 2. The van der Waals surface area contributed by atoms with Crippen LogP contribution >= 0.6 is 22.7 Å². The zero-order valence-corrected chi connectivity index (χ0v) is 26.8. The van der Waals surface area contributed by atoms with Gasteiger partial charge < -0.3 is 23.3 Å². The number of ether oxygens (including phenoxy) is 3. The van der Waals surface area contributed by atoms with Gasteiger partial charge in [-0.3, -0.25) is 9.59 Å². The molecule has 0 atom stereocenters. The Hall–Kier alpha value is -5.00. The van der Waals surface area contributed by atoms with Crippen LogP contribution < -0.4 is 23.8 Å². The Morgan fingerprint density at radius 2 is 0.978 bits per heavy atom. The van der Waals surface area contributed by atoms with Gasteiger partial charge in [0.1, 0.15) is 23.0 Å². The molecule has 0 aliphatic carbocycles. The van der Waals surface area contributed by atoms with Gasteiger partial charge >= 0.3 is 0 Å². The second-order valence-electron chi connectivity index (χ2n) is 10.00. The number of fused-ring (bicyclic) bond motifs is 2. The lowest BCUT2D eigenvalue weighted by molar-refractivity contribution is 0.0989. The van der Waals surface area contributed by atoms with E-state index < -0.39 is 0 Å². The van der Waals surface area contributed by atoms with E-state index in [4.69, 9.17) is 14.2 Å². The molecule has 9 nitrogen and oxygen atoms in total. The van der Waals surface area contributed by atoms with Crippen LogP contribution in [0.2, 0.25) is 0 Å². The minimum absolute atomic E-state index is 0.345. The molecule has 6 aromatic rings. The number of carbonyl (C=O) groups is 2. The van der Waals surface area contributed by atoms with Crippen molar-refractivity contribution in [1.29, 1.82) is 0 Å². The van der Waals surface area contributed by atoms with E-state index in [1.807, 2.05) is 73.5 Å². The summed E-state index contributed by atoms with van der Waals surface area (Å²) in [5.74, 6) is 1.99. The number of amides is 2. The number of thiazole rings is 2. The van der Waals surface area contributed by atoms with Crippen LogP contribution in [0.15, 0.2) is 94.9 Å². The zero-order chi connectivity index (χ0) is 31.5. The van der Waals surface area contributed by atoms with Gasteiger partial charge in [-0.15, -0.1) is 0 Å². The maximum Gasteiger partial charge on any atom is 0.279 e. The number of aromatic nitrogens is 2. The number of hydrogen-bond donors (Lipinski definition) is 0. The fourth-order valence-electron chi connectivity index (χ4n) is 4.72. The smallest absolute Gasteiger partial charge is 0.279 e. The zero-order valence-electron chi connectivity index (χ0n) is 25.1. The van der Waals surface area contributed by atoms with Crippen LogP contribution in [0.5, 0.6) is 23.0 Å². The van der Waals surface area contributed by atoms with E-state index in [2.05, 4.69) is 9.98 Å². The molecule has 0 unspecified atom stereocenters. The van der Waals surface area contributed by atoms with Gasteiger partial charge in [-0.05, 0) is 98.8 Å². The van der Waals surface area contributed by atoms with Gasteiger partial charge in [-0.25, -0.2) is 0 Å². The third kappa shape index (κ3) is 6.45. The molecule has 0 aliphatic rings. The lowest BCUT2D eigenvalue weighted by atomic mass is 10.2. The number of carbonyl (C=O) groups excluding carboxylic acids is 2. The van der Waals surface area contributed by atoms with Crippen LogP contribution in [-0.2, 0) is 14.1 Å². The largest absolute Gasteiger partial charge is 0.494 e. The SMILES string of the molecule is CCOc1ccc2c(c1)sc(=NC(=O)c1ccc(Oc3ccc(C(=O)N=c4sc5cc(OCC)ccc5n4C)cc3)cc1)n2C. The molecule has 2 heterocycles. The van der Waals surface area contributed by atoms with Crippen molar-refractivity contribution in [2.24, 2.45) is 24.1 Å². The van der Waals surface area contributed by atoms with E-state index in [0.29, 0.717) is 45.4 Å². The second kappa shape index (κ2) is 12.9. The summed E-state index contributed by atoms with van der Waals surface area (Å²) in [5, 5.41) is 0. The first-order chi connectivity index (χ1) is 21.8. The first-order valence-corrected chi connectivity index (χ1v) is 16.0. The molecule has 0 aliphatic heterocycles. The van der Waals surface area contributed by atoms with Gasteiger partial charge in [0.25, 0.3) is 11.8 Å². The Bertz CT molecular complexity index is 2020. The van der Waals surface area contributed by atoms with Crippen LogP contribution in [0, 0.1) is 0 Å². The molecule has 2 aromatic heterocycles. The summed E-state index contributed by atoms with van der Waals surface area (Å²) in [6.07, 6.45) is 0. The van der Waals surface area contributed by atoms with Crippen LogP contribution in [0.1, 0.15) is 34.6 Å². The van der Waals surface area contributed by atoms with Gasteiger partial charge in [0.05, 0.1) is 33.6 Å². The molecule has 4 aromatic carbocycles. The van der Waals surface area contributed by atoms with Crippen molar-refractivity contribution in [3.8, 4) is 23.0 Å². The number of rotatable bonds is 8. The van der Waals surface area contributed by atoms with E-state index in [1.165, 1.54) is 22.7 Å². The lowest BCUT2D eigenvalue weighted by Gasteiger charge is -2.06. The molecule has 6 rings (SSSR count). The quantitative estimate of drug-likeness (QED) is 0.181. The molecule has 0 spiro atoms. The Labute approximate surface area is 266 Å². The van der Waals surface area contributed by atoms with Crippen molar-refractivity contribution in [2.75, 3.05) is 13.2 Å². The molecule has 0 saturated heterocycles. The fraction of sp³-hybridized carbons (Fsp3) is 0.176. The molecule has 228 valence electrons. The summed E-state index contributed by atoms with van der Waals surface area (Å²) in [7, 11) is 3.77. The van der Waals surface area contributed by atoms with Crippen LogP contribution in [0.4, 0.5) is 0 Å². The number of hydrogen-bond acceptors (Lipinski definition) is 7. The molecule has 0 radical (unpaired) electrons. The average molecular weight is 639 g/mol. The van der Waals surface area contributed by atoms with Crippen LogP contribution in [0.25, 0.3) is 20.4 Å². The molecule has 0 fully saturated rings. The summed E-state index contributed by atoms with van der Waals surface area (Å²) >= 11 is 2.87. The highest BCUT2D eigenvalue weighted by Gasteiger charge is 2.11. The van der Waals surface area contributed by atoms with E-state index in [9.17, 15) is 9.59 Å². The fourth-order valence-corrected chi connectivity index (χ4v) is 6.82. The molecule has 11 heteroatoms. The lowest BCUT2D eigenvalue weighted by Crippen LogP contribution is -2.13. The highest BCUT2D eigenvalue weighted by Crippen LogP contribution is 2.25. The molecule has 45 heavy (non-hydrogen) atoms. The molecule has 0 bridgehead atoms. The summed E-state index contributed by atoms with van der Waals surface area (Å²) in [6, 6.07) is 25.3. The van der Waals surface area contributed by atoms with Crippen molar-refractivity contribution in [3.63, 3.8) is 0 Å². The Morgan fingerprint density at radius 3 is 1.36 bits per heavy atom. The Balaban J connectivity index is 1.13. The molecular formula is C34H30N4O5S2. The molecule has 0 N–H and O–H groups in total. The minimum Gasteiger partial charge on any atom is -0.494 e. The van der Waals surface area contributed by atoms with Crippen molar-refractivity contribution in [3.05, 3.63) is 106 Å². The second-order valence-corrected chi connectivity index (χ2v) is 12.0. The summed E-state index contributed by atoms with van der Waals surface area (Å²) in [5.41, 5.74) is 2.85. The predicted octanol–water partition coefficient (Wildman–Crippen LogP) is 6.86. The number of benzene rings is 4. The third-order valence-electron chi connectivity index (χ3n) is 7.02. The summed E-state index contributed by atoms with van der Waals surface area (Å²) in [4.78, 5) is 35.8. The van der Waals surface area contributed by atoms with Gasteiger partial charge in [0.2, 0.25) is 0 Å². The Kier molecular flexibility index (Phi) is 8.63. The van der Waals surface area contributed by atoms with Crippen molar-refractivity contribution in [2.45, 2.75) is 13.8 Å². The van der Waals surface area contributed by atoms with E-state index >= 15 is 0 Å². The van der Waals surface area contributed by atoms with Crippen molar-refractivity contribution >= 4 is 54.9 Å². The van der Waals surface area contributed by atoms with E-state index in [-0.39, 0.29) is 11.8 Å². The summed E-state index contributed by atoms with van der Waals surface area (Å²) in [6.45, 7) is 5.06. The van der Waals surface area contributed by atoms with Gasteiger partial charge in [0, 0.05) is 25.2 Å². The third-order valence-corrected chi connectivity index (χ3v) is 9.21. The van der Waals surface area contributed by atoms with Crippen LogP contribution in [-0.4, -0.2) is 34.2 Å². The molecule has 0 saturated carbocycles. The maximum absolute atomic E-state index is 12.9. The van der Waals surface area contributed by atoms with Crippen LogP contribution in [0.3, 0.4) is 0 Å². The van der Waals surface area contributed by atoms with Gasteiger partial charge in [0.15, 0.2) is 9.60 Å². The van der Waals surface area contributed by atoms with Crippen molar-refractivity contribution in [1.82, 2.24) is 9.13 Å². The maximum atomic E-state index is 12.9. The molecular weight excluding hydrogens is 609 g/mol. The first-order valence-electron chi connectivity index (χ1n) is 14.3. The van der Waals surface area contributed by atoms with Gasteiger partial charge in [-0.1, -0.05) is 22.7 Å². The molecule has 2 amide bonds. The highest BCUT2D eigenvalue weighted by atomic mass is 32.1. The van der Waals surface area contributed by atoms with Crippen molar-refractivity contribution < 1.29 is 23.8 Å².